The van der Waals surface area contributed by atoms with Crippen LogP contribution < -0.4 is 14.8 Å². The number of amides is 1. The molecule has 0 bridgehead atoms. The molecule has 1 unspecified atom stereocenters. The van der Waals surface area contributed by atoms with Crippen LogP contribution in [0.15, 0.2) is 36.7 Å². The second kappa shape index (κ2) is 8.88. The Hall–Kier alpha value is -2.87. The summed E-state index contributed by atoms with van der Waals surface area (Å²) < 4.78 is 12.5. The zero-order chi connectivity index (χ0) is 20.1. The normalized spacial score (nSPS) is 11.9. The number of aryl methyl sites for hydroxylation is 1. The van der Waals surface area contributed by atoms with Crippen molar-refractivity contribution in [1.82, 2.24) is 20.1 Å². The van der Waals surface area contributed by atoms with Crippen LogP contribution in [0.1, 0.15) is 22.3 Å². The number of benzene rings is 1. The van der Waals surface area contributed by atoms with E-state index in [4.69, 9.17) is 9.47 Å². The molecule has 148 valence electrons. The minimum absolute atomic E-state index is 0.103. The van der Waals surface area contributed by atoms with Gasteiger partial charge < -0.3 is 14.8 Å². The first-order valence-corrected chi connectivity index (χ1v) is 9.79. The molecule has 7 nitrogen and oxygen atoms in total. The van der Waals surface area contributed by atoms with Crippen molar-refractivity contribution in [2.24, 2.45) is 5.92 Å². The number of rotatable bonds is 8. The van der Waals surface area contributed by atoms with Crippen molar-refractivity contribution >= 4 is 17.2 Å². The number of hydrogen-bond donors (Lipinski definition) is 1. The maximum absolute atomic E-state index is 12.6. The van der Waals surface area contributed by atoms with E-state index in [0.29, 0.717) is 28.6 Å². The van der Waals surface area contributed by atoms with Gasteiger partial charge in [0.05, 0.1) is 19.9 Å². The summed E-state index contributed by atoms with van der Waals surface area (Å²) in [6, 6.07) is 7.50. The van der Waals surface area contributed by atoms with Gasteiger partial charge in [-0.1, -0.05) is 6.92 Å². The van der Waals surface area contributed by atoms with E-state index in [1.807, 2.05) is 42.1 Å². The molecule has 0 saturated heterocycles. The molecule has 1 atom stereocenters. The molecular weight excluding hydrogens is 376 g/mol. The molecule has 1 amide bonds. The van der Waals surface area contributed by atoms with Crippen LogP contribution >= 0.6 is 11.3 Å². The van der Waals surface area contributed by atoms with Crippen LogP contribution in [0, 0.1) is 12.8 Å². The Morgan fingerprint density at radius 2 is 2.07 bits per heavy atom. The van der Waals surface area contributed by atoms with Gasteiger partial charge in [0, 0.05) is 31.0 Å². The van der Waals surface area contributed by atoms with Crippen LogP contribution in [-0.4, -0.2) is 41.4 Å². The molecule has 0 saturated carbocycles. The molecule has 3 rings (SSSR count). The van der Waals surface area contributed by atoms with Crippen molar-refractivity contribution in [3.8, 4) is 22.1 Å². The predicted octanol–water partition coefficient (Wildman–Crippen LogP) is 3.40. The fraction of sp³-hybridized carbons (Fsp3) is 0.350. The molecule has 1 aromatic carbocycles. The molecule has 0 aliphatic rings. The Kier molecular flexibility index (Phi) is 6.30. The second-order valence-electron chi connectivity index (χ2n) is 6.55. The molecule has 0 aliphatic carbocycles. The third-order valence-electron chi connectivity index (χ3n) is 4.30. The number of carbonyl (C=O) groups excluding carboxylic acids is 1. The molecule has 0 fully saturated rings. The molecule has 2 aromatic heterocycles. The molecule has 28 heavy (non-hydrogen) atoms. The molecular formula is C20H24N4O3S. The van der Waals surface area contributed by atoms with Crippen molar-refractivity contribution in [2.75, 3.05) is 20.8 Å². The van der Waals surface area contributed by atoms with Crippen LogP contribution in [-0.2, 0) is 6.54 Å². The maximum Gasteiger partial charge on any atom is 0.263 e. The number of aromatic nitrogens is 3. The zero-order valence-electron chi connectivity index (χ0n) is 16.4. The monoisotopic (exact) mass is 400 g/mol. The Morgan fingerprint density at radius 1 is 1.29 bits per heavy atom. The SMILES string of the molecule is COc1ccc(-c2nc(C)c(C(=O)NCC(C)Cn3cccn3)s2)cc1OC. The number of ether oxygens (including phenoxy) is 2. The number of carbonyl (C=O) groups is 1. The number of methoxy groups -OCH3 is 2. The highest BCUT2D eigenvalue weighted by Gasteiger charge is 2.18. The first-order valence-electron chi connectivity index (χ1n) is 8.97. The molecule has 0 spiro atoms. The Balaban J connectivity index is 1.68. The minimum Gasteiger partial charge on any atom is -0.493 e. The number of hydrogen-bond acceptors (Lipinski definition) is 6. The Morgan fingerprint density at radius 3 is 2.75 bits per heavy atom. The lowest BCUT2D eigenvalue weighted by molar-refractivity contribution is 0.0950. The molecule has 1 N–H and O–H groups in total. The van der Waals surface area contributed by atoms with Crippen LogP contribution in [0.4, 0.5) is 0 Å². The van der Waals surface area contributed by atoms with E-state index in [1.54, 1.807) is 20.4 Å². The summed E-state index contributed by atoms with van der Waals surface area (Å²) in [6.07, 6.45) is 3.67. The van der Waals surface area contributed by atoms with E-state index in [9.17, 15) is 4.79 Å². The molecule has 0 radical (unpaired) electrons. The van der Waals surface area contributed by atoms with Crippen molar-refractivity contribution in [3.63, 3.8) is 0 Å². The van der Waals surface area contributed by atoms with Gasteiger partial charge in [-0.25, -0.2) is 4.98 Å². The third kappa shape index (κ3) is 4.51. The fourth-order valence-electron chi connectivity index (χ4n) is 2.84. The van der Waals surface area contributed by atoms with Gasteiger partial charge in [-0.3, -0.25) is 9.48 Å². The van der Waals surface area contributed by atoms with Crippen LogP contribution in [0.3, 0.4) is 0 Å². The largest absolute Gasteiger partial charge is 0.493 e. The summed E-state index contributed by atoms with van der Waals surface area (Å²) in [7, 11) is 3.19. The van der Waals surface area contributed by atoms with Gasteiger partial charge in [-0.2, -0.15) is 5.10 Å². The summed E-state index contributed by atoms with van der Waals surface area (Å²) in [5.74, 6) is 1.45. The number of thiazole rings is 1. The minimum atomic E-state index is -0.103. The van der Waals surface area contributed by atoms with Crippen molar-refractivity contribution in [3.05, 3.63) is 47.2 Å². The molecule has 3 aromatic rings. The van der Waals surface area contributed by atoms with Crippen LogP contribution in [0.25, 0.3) is 10.6 Å². The lowest BCUT2D eigenvalue weighted by atomic mass is 10.2. The van der Waals surface area contributed by atoms with Gasteiger partial charge >= 0.3 is 0 Å². The number of nitrogens with one attached hydrogen (secondary N) is 1. The van der Waals surface area contributed by atoms with Crippen LogP contribution in [0.5, 0.6) is 11.5 Å². The highest BCUT2D eigenvalue weighted by Crippen LogP contribution is 2.34. The Labute approximate surface area is 168 Å². The van der Waals surface area contributed by atoms with E-state index in [1.165, 1.54) is 11.3 Å². The predicted molar refractivity (Wildman–Crippen MR) is 109 cm³/mol. The smallest absolute Gasteiger partial charge is 0.263 e. The lowest BCUT2D eigenvalue weighted by Gasteiger charge is -2.12. The maximum atomic E-state index is 12.6. The summed E-state index contributed by atoms with van der Waals surface area (Å²) >= 11 is 1.37. The zero-order valence-corrected chi connectivity index (χ0v) is 17.2. The standard InChI is InChI=1S/C20H24N4O3S/c1-13(12-24-9-5-8-22-24)11-21-19(25)18-14(2)23-20(28-18)15-6-7-16(26-3)17(10-15)27-4/h5-10,13H,11-12H2,1-4H3,(H,21,25). The Bertz CT molecular complexity index is 937. The third-order valence-corrected chi connectivity index (χ3v) is 5.51. The topological polar surface area (TPSA) is 78.3 Å². The second-order valence-corrected chi connectivity index (χ2v) is 7.55. The average molecular weight is 401 g/mol. The van der Waals surface area contributed by atoms with Gasteiger partial charge in [0.1, 0.15) is 9.88 Å². The van der Waals surface area contributed by atoms with Gasteiger partial charge in [0.25, 0.3) is 5.91 Å². The van der Waals surface area contributed by atoms with Gasteiger partial charge in [0.2, 0.25) is 0 Å². The average Bonchev–Trinajstić information content (AvgIpc) is 3.35. The van der Waals surface area contributed by atoms with E-state index in [2.05, 4.69) is 22.3 Å². The van der Waals surface area contributed by atoms with Crippen molar-refractivity contribution in [2.45, 2.75) is 20.4 Å². The first kappa shape index (κ1) is 19.9. The molecule has 0 aliphatic heterocycles. The summed E-state index contributed by atoms with van der Waals surface area (Å²) in [6.45, 7) is 5.26. The molecule has 8 heteroatoms. The molecule has 2 heterocycles. The lowest BCUT2D eigenvalue weighted by Crippen LogP contribution is -2.30. The van der Waals surface area contributed by atoms with Crippen molar-refractivity contribution in [1.29, 1.82) is 0 Å². The van der Waals surface area contributed by atoms with E-state index in [0.717, 1.165) is 17.1 Å². The van der Waals surface area contributed by atoms with Crippen molar-refractivity contribution < 1.29 is 14.3 Å². The highest BCUT2D eigenvalue weighted by molar-refractivity contribution is 7.17. The highest BCUT2D eigenvalue weighted by atomic mass is 32.1. The van der Waals surface area contributed by atoms with Gasteiger partial charge in [-0.15, -0.1) is 11.3 Å². The van der Waals surface area contributed by atoms with Gasteiger partial charge in [-0.05, 0) is 37.1 Å². The summed E-state index contributed by atoms with van der Waals surface area (Å²) in [4.78, 5) is 17.8. The van der Waals surface area contributed by atoms with E-state index >= 15 is 0 Å². The quantitative estimate of drug-likeness (QED) is 0.627. The van der Waals surface area contributed by atoms with E-state index in [-0.39, 0.29) is 11.8 Å². The summed E-state index contributed by atoms with van der Waals surface area (Å²) in [5, 5.41) is 7.97. The van der Waals surface area contributed by atoms with E-state index < -0.39 is 0 Å². The van der Waals surface area contributed by atoms with Crippen LogP contribution in [0.2, 0.25) is 0 Å². The first-order chi connectivity index (χ1) is 13.5. The number of nitrogens with zero attached hydrogens (tertiary/aromatic N) is 3. The fourth-order valence-corrected chi connectivity index (χ4v) is 3.82. The van der Waals surface area contributed by atoms with Gasteiger partial charge in [0.15, 0.2) is 11.5 Å². The summed E-state index contributed by atoms with van der Waals surface area (Å²) in [5.41, 5.74) is 1.60.